The first-order valence-corrected chi connectivity index (χ1v) is 6.50. The minimum atomic E-state index is -1.17. The van der Waals surface area contributed by atoms with E-state index in [9.17, 15) is 14.4 Å². The molecule has 0 spiro atoms. The molecule has 0 bridgehead atoms. The third-order valence-corrected chi connectivity index (χ3v) is 2.91. The van der Waals surface area contributed by atoms with Crippen LogP contribution in [-0.2, 0) is 9.59 Å². The highest BCUT2D eigenvalue weighted by Crippen LogP contribution is 2.18. The lowest BCUT2D eigenvalue weighted by molar-refractivity contribution is -0.135. The highest BCUT2D eigenvalue weighted by atomic mass is 35.5. The monoisotopic (exact) mass is 313 g/mol. The molecule has 0 saturated heterocycles. The summed E-state index contributed by atoms with van der Waals surface area (Å²) in [6, 6.07) is 4.66. The third-order valence-electron chi connectivity index (χ3n) is 2.66. The van der Waals surface area contributed by atoms with Gasteiger partial charge in [0, 0.05) is 17.8 Å². The average molecular weight is 314 g/mol. The van der Waals surface area contributed by atoms with Gasteiger partial charge in [-0.25, -0.2) is 4.79 Å². The Kier molecular flexibility index (Phi) is 5.98. The number of likely N-dealkylation sites (N-methyl/N-ethyl adjacent to an activating group) is 1. The van der Waals surface area contributed by atoms with Gasteiger partial charge in [-0.15, -0.1) is 0 Å². The predicted molar refractivity (Wildman–Crippen MR) is 78.5 cm³/mol. The van der Waals surface area contributed by atoms with Gasteiger partial charge in [0.2, 0.25) is 5.91 Å². The van der Waals surface area contributed by atoms with Crippen LogP contribution in [0.15, 0.2) is 24.3 Å². The number of nitrogens with zero attached hydrogens (tertiary/aromatic N) is 1. The Balaban J connectivity index is 2.91. The molecule has 0 fully saturated rings. The molecule has 3 amide bonds. The second-order valence-corrected chi connectivity index (χ2v) is 4.68. The summed E-state index contributed by atoms with van der Waals surface area (Å²) in [7, 11) is 1.44. The molecule has 0 aliphatic carbocycles. The van der Waals surface area contributed by atoms with Crippen LogP contribution >= 0.6 is 11.6 Å². The molecule has 7 nitrogen and oxygen atoms in total. The lowest BCUT2D eigenvalue weighted by atomic mass is 10.3. The Morgan fingerprint density at radius 3 is 2.33 bits per heavy atom. The van der Waals surface area contributed by atoms with Crippen LogP contribution in [0.5, 0.6) is 0 Å². The number of nitrogens with one attached hydrogen (secondary N) is 2. The summed E-state index contributed by atoms with van der Waals surface area (Å²) in [6.45, 7) is 0.964. The predicted octanol–water partition coefficient (Wildman–Crippen LogP) is 1.08. The maximum Gasteiger partial charge on any atom is 0.323 e. The van der Waals surface area contributed by atoms with Crippen LogP contribution in [0.2, 0.25) is 5.02 Å². The summed E-state index contributed by atoms with van der Waals surface area (Å²) in [5, 5.41) is 14.2. The summed E-state index contributed by atoms with van der Waals surface area (Å²) in [6.07, 6.45) is 0. The van der Waals surface area contributed by atoms with E-state index in [-0.39, 0.29) is 5.91 Å². The Bertz CT molecular complexity index is 533. The lowest BCUT2D eigenvalue weighted by Gasteiger charge is -2.23. The van der Waals surface area contributed by atoms with Gasteiger partial charge in [-0.3, -0.25) is 14.5 Å². The van der Waals surface area contributed by atoms with Crippen molar-refractivity contribution < 1.29 is 19.5 Å². The van der Waals surface area contributed by atoms with Gasteiger partial charge in [0.15, 0.2) is 0 Å². The normalized spacial score (nSPS) is 11.4. The van der Waals surface area contributed by atoms with Crippen molar-refractivity contribution >= 4 is 35.2 Å². The van der Waals surface area contributed by atoms with E-state index in [1.807, 2.05) is 0 Å². The number of carboxylic acids is 1. The van der Waals surface area contributed by atoms with E-state index in [1.165, 1.54) is 26.1 Å². The summed E-state index contributed by atoms with van der Waals surface area (Å²) in [4.78, 5) is 35.4. The van der Waals surface area contributed by atoms with Gasteiger partial charge in [0.05, 0.1) is 0 Å². The van der Waals surface area contributed by atoms with E-state index in [0.717, 1.165) is 4.90 Å². The second-order valence-electron chi connectivity index (χ2n) is 4.24. The van der Waals surface area contributed by atoms with Gasteiger partial charge in [0.1, 0.15) is 12.6 Å². The molecule has 0 saturated carbocycles. The van der Waals surface area contributed by atoms with Crippen molar-refractivity contribution in [1.29, 1.82) is 0 Å². The molecular formula is C13H16ClN3O4. The number of halogens is 1. The van der Waals surface area contributed by atoms with E-state index in [2.05, 4.69) is 10.6 Å². The molecule has 21 heavy (non-hydrogen) atoms. The minimum Gasteiger partial charge on any atom is -0.480 e. The third kappa shape index (κ3) is 4.96. The molecule has 1 rings (SSSR count). The minimum absolute atomic E-state index is 0.364. The number of carbonyl (C=O) groups excluding carboxylic acids is 2. The number of carbonyl (C=O) groups is 3. The number of benzene rings is 1. The smallest absolute Gasteiger partial charge is 0.323 e. The van der Waals surface area contributed by atoms with Crippen LogP contribution in [0.25, 0.3) is 0 Å². The Labute approximate surface area is 126 Å². The van der Waals surface area contributed by atoms with Crippen LogP contribution in [0.3, 0.4) is 0 Å². The first-order chi connectivity index (χ1) is 9.85. The number of aliphatic carboxylic acids is 1. The van der Waals surface area contributed by atoms with Gasteiger partial charge in [-0.2, -0.15) is 0 Å². The largest absolute Gasteiger partial charge is 0.480 e. The molecule has 0 heterocycles. The first kappa shape index (κ1) is 16.8. The zero-order valence-corrected chi connectivity index (χ0v) is 12.3. The van der Waals surface area contributed by atoms with Gasteiger partial charge in [-0.05, 0) is 31.2 Å². The summed E-state index contributed by atoms with van der Waals surface area (Å²) < 4.78 is 0. The summed E-state index contributed by atoms with van der Waals surface area (Å²) in [5.74, 6) is -1.55. The Morgan fingerprint density at radius 2 is 1.86 bits per heavy atom. The topological polar surface area (TPSA) is 98.7 Å². The maximum atomic E-state index is 12.1. The van der Waals surface area contributed by atoms with Crippen LogP contribution < -0.4 is 15.5 Å². The molecule has 8 heteroatoms. The zero-order chi connectivity index (χ0) is 16.0. The fourth-order valence-corrected chi connectivity index (χ4v) is 1.71. The molecule has 3 N–H and O–H groups in total. The van der Waals surface area contributed by atoms with Crippen molar-refractivity contribution in [3.63, 3.8) is 0 Å². The molecule has 0 aliphatic heterocycles. The van der Waals surface area contributed by atoms with Gasteiger partial charge in [-0.1, -0.05) is 11.6 Å². The number of anilines is 1. The Hall–Kier alpha value is -2.28. The van der Waals surface area contributed by atoms with Crippen molar-refractivity contribution in [2.45, 2.75) is 13.0 Å². The van der Waals surface area contributed by atoms with Crippen LogP contribution in [0.4, 0.5) is 10.5 Å². The average Bonchev–Trinajstić information content (AvgIpc) is 2.44. The fourth-order valence-electron chi connectivity index (χ4n) is 1.58. The van der Waals surface area contributed by atoms with Crippen LogP contribution in [0.1, 0.15) is 6.92 Å². The quantitative estimate of drug-likeness (QED) is 0.757. The van der Waals surface area contributed by atoms with Crippen molar-refractivity contribution in [3.8, 4) is 0 Å². The maximum absolute atomic E-state index is 12.1. The molecule has 1 aromatic carbocycles. The molecule has 1 aromatic rings. The SMILES string of the molecule is CNC(=O)C(C)NC(=O)N(CC(=O)O)c1ccc(Cl)cc1. The Morgan fingerprint density at radius 1 is 1.29 bits per heavy atom. The van der Waals surface area contributed by atoms with E-state index in [4.69, 9.17) is 16.7 Å². The van der Waals surface area contributed by atoms with Gasteiger partial charge in [0.25, 0.3) is 0 Å². The van der Waals surface area contributed by atoms with Gasteiger partial charge < -0.3 is 15.7 Å². The first-order valence-electron chi connectivity index (χ1n) is 6.12. The number of hydrogen-bond acceptors (Lipinski definition) is 3. The molecule has 0 radical (unpaired) electrons. The second kappa shape index (κ2) is 7.49. The molecule has 1 atom stereocenters. The lowest BCUT2D eigenvalue weighted by Crippen LogP contribution is -2.50. The van der Waals surface area contributed by atoms with Crippen LogP contribution in [0, 0.1) is 0 Å². The summed E-state index contributed by atoms with van der Waals surface area (Å²) >= 11 is 5.76. The van der Waals surface area contributed by atoms with Crippen molar-refractivity contribution in [3.05, 3.63) is 29.3 Å². The fraction of sp³-hybridized carbons (Fsp3) is 0.308. The van der Waals surface area contributed by atoms with Crippen molar-refractivity contribution in [1.82, 2.24) is 10.6 Å². The number of amides is 3. The van der Waals surface area contributed by atoms with E-state index < -0.39 is 24.6 Å². The molecule has 114 valence electrons. The van der Waals surface area contributed by atoms with E-state index in [0.29, 0.717) is 10.7 Å². The molecule has 0 aromatic heterocycles. The van der Waals surface area contributed by atoms with E-state index in [1.54, 1.807) is 12.1 Å². The highest BCUT2D eigenvalue weighted by molar-refractivity contribution is 6.30. The number of hydrogen-bond donors (Lipinski definition) is 3. The molecule has 0 aliphatic rings. The van der Waals surface area contributed by atoms with Crippen LogP contribution in [-0.4, -0.2) is 42.6 Å². The van der Waals surface area contributed by atoms with E-state index >= 15 is 0 Å². The molecular weight excluding hydrogens is 298 g/mol. The van der Waals surface area contributed by atoms with Crippen molar-refractivity contribution in [2.75, 3.05) is 18.5 Å². The number of urea groups is 1. The molecule has 1 unspecified atom stereocenters. The standard InChI is InChI=1S/C13H16ClN3O4/c1-8(12(20)15-2)16-13(21)17(7-11(18)19)10-5-3-9(14)4-6-10/h3-6,8H,7H2,1-2H3,(H,15,20)(H,16,21)(H,18,19). The van der Waals surface area contributed by atoms with Crippen molar-refractivity contribution in [2.24, 2.45) is 0 Å². The highest BCUT2D eigenvalue weighted by Gasteiger charge is 2.22. The number of carboxylic acid groups (broad SMARTS) is 1. The zero-order valence-electron chi connectivity index (χ0n) is 11.6. The summed E-state index contributed by atoms with van der Waals surface area (Å²) in [5.41, 5.74) is 0.364. The number of rotatable bonds is 5. The van der Waals surface area contributed by atoms with Gasteiger partial charge >= 0.3 is 12.0 Å².